The van der Waals surface area contributed by atoms with Gasteiger partial charge in [0.1, 0.15) is 18.3 Å². The highest BCUT2D eigenvalue weighted by Gasteiger charge is 2.27. The number of nitrogens with zero attached hydrogens (tertiary/aromatic N) is 3. The Balaban J connectivity index is 2.28. The predicted octanol–water partition coefficient (Wildman–Crippen LogP) is -1.72. The molecule has 0 fully saturated rings. The first-order valence-electron chi connectivity index (χ1n) is 8.29. The molecular formula is C17H20N4O6. The van der Waals surface area contributed by atoms with Gasteiger partial charge in [-0.25, -0.2) is 9.78 Å². The minimum absolute atomic E-state index is 0.0516. The Bertz CT molecular complexity index is 1080. The van der Waals surface area contributed by atoms with Crippen LogP contribution in [-0.4, -0.2) is 64.9 Å². The Hall–Kier alpha value is -2.66. The maximum absolute atomic E-state index is 12.2. The molecule has 0 aliphatic carbocycles. The molecule has 0 saturated carbocycles. The number of rotatable bonds is 5. The Morgan fingerprint density at radius 2 is 1.74 bits per heavy atom. The third-order valence-electron chi connectivity index (χ3n) is 4.57. The van der Waals surface area contributed by atoms with Crippen molar-refractivity contribution in [2.24, 2.45) is 0 Å². The van der Waals surface area contributed by atoms with E-state index in [9.17, 15) is 24.9 Å². The van der Waals surface area contributed by atoms with E-state index in [4.69, 9.17) is 5.11 Å². The van der Waals surface area contributed by atoms with E-state index >= 15 is 0 Å². The second kappa shape index (κ2) is 7.16. The third-order valence-corrected chi connectivity index (χ3v) is 4.57. The van der Waals surface area contributed by atoms with Crippen LogP contribution in [0.25, 0.3) is 22.6 Å². The molecule has 144 valence electrons. The number of hydrogen-bond acceptors (Lipinski definition) is 8. The molecule has 1 aromatic carbocycles. The first-order valence-corrected chi connectivity index (χ1v) is 8.29. The molecule has 0 saturated heterocycles. The standard InChI is InChI=1S/C17H20N4O6/c1-7-3-9-10(4-8(7)2)21(5-11(23)14(25)12(24)6-22)15-13(18-9)16(26)20-17(27)19-15/h3-4,11-12,14,22-25H,5-6H2,1-2H3,(H,20,26,27)/t11-,12+,14-/m0/s1/i7+1,9+1. The summed E-state index contributed by atoms with van der Waals surface area (Å²) < 4.78 is 1.40. The Labute approximate surface area is 152 Å². The summed E-state index contributed by atoms with van der Waals surface area (Å²) in [6.45, 7) is 2.73. The fourth-order valence-corrected chi connectivity index (χ4v) is 2.89. The van der Waals surface area contributed by atoms with Crippen LogP contribution in [0.15, 0.2) is 21.7 Å². The molecule has 5 N–H and O–H groups in total. The lowest BCUT2D eigenvalue weighted by Gasteiger charge is -2.25. The van der Waals surface area contributed by atoms with E-state index in [2.05, 4.69) is 15.0 Å². The molecule has 0 radical (unpaired) electrons. The molecule has 1 aromatic rings. The van der Waals surface area contributed by atoms with Crippen molar-refractivity contribution in [3.05, 3.63) is 44.1 Å². The first kappa shape index (κ1) is 19.1. The van der Waals surface area contributed by atoms with Gasteiger partial charge in [0.25, 0.3) is 5.56 Å². The second-order valence-electron chi connectivity index (χ2n) is 6.50. The highest BCUT2D eigenvalue weighted by Crippen LogP contribution is 2.24. The molecule has 3 atom stereocenters. The quantitative estimate of drug-likeness (QED) is 0.327. The van der Waals surface area contributed by atoms with Crippen LogP contribution in [0.1, 0.15) is 11.1 Å². The zero-order chi connectivity index (χ0) is 19.9. The van der Waals surface area contributed by atoms with E-state index in [1.165, 1.54) is 4.57 Å². The monoisotopic (exact) mass is 378 g/mol. The molecule has 0 spiro atoms. The van der Waals surface area contributed by atoms with Gasteiger partial charge in [-0.2, -0.15) is 4.98 Å². The van der Waals surface area contributed by atoms with E-state index in [-0.39, 0.29) is 18.1 Å². The average molecular weight is 378 g/mol. The van der Waals surface area contributed by atoms with Gasteiger partial charge in [0, 0.05) is 0 Å². The minimum atomic E-state index is -1.64. The van der Waals surface area contributed by atoms with Crippen LogP contribution in [0.2, 0.25) is 0 Å². The van der Waals surface area contributed by atoms with E-state index < -0.39 is 36.2 Å². The molecule has 10 nitrogen and oxygen atoms in total. The van der Waals surface area contributed by atoms with Gasteiger partial charge in [-0.05, 0) is 37.1 Å². The number of aryl methyl sites for hydroxylation is 2. The van der Waals surface area contributed by atoms with Crippen LogP contribution < -0.4 is 11.2 Å². The summed E-state index contributed by atoms with van der Waals surface area (Å²) in [6.07, 6.45) is -4.68. The summed E-state index contributed by atoms with van der Waals surface area (Å²) in [7, 11) is 0. The zero-order valence-electron chi connectivity index (χ0n) is 14.7. The topological polar surface area (TPSA) is 162 Å². The lowest BCUT2D eigenvalue weighted by Crippen LogP contribution is -2.42. The van der Waals surface area contributed by atoms with E-state index in [0.29, 0.717) is 11.0 Å². The molecule has 0 bridgehead atoms. The number of nitrogens with one attached hydrogen (secondary N) is 1. The van der Waals surface area contributed by atoms with Crippen molar-refractivity contribution in [2.75, 3.05) is 6.61 Å². The van der Waals surface area contributed by atoms with Crippen LogP contribution in [0, 0.1) is 13.8 Å². The molecule has 0 aromatic heterocycles. The molecule has 2 heterocycles. The van der Waals surface area contributed by atoms with Crippen molar-refractivity contribution in [3.63, 3.8) is 0 Å². The highest BCUT2D eigenvalue weighted by atomic mass is 16.4. The van der Waals surface area contributed by atoms with Gasteiger partial charge < -0.3 is 25.0 Å². The summed E-state index contributed by atoms with van der Waals surface area (Å²) in [5, 5.41) is 38.8. The van der Waals surface area contributed by atoms with Gasteiger partial charge in [-0.1, -0.05) is 0 Å². The molecule has 27 heavy (non-hydrogen) atoms. The van der Waals surface area contributed by atoms with Gasteiger partial charge in [0.2, 0.25) is 0 Å². The van der Waals surface area contributed by atoms with Crippen LogP contribution in [-0.2, 0) is 6.54 Å². The largest absolute Gasteiger partial charge is 0.394 e. The fraction of sp³-hybridized carbons (Fsp3) is 0.412. The maximum atomic E-state index is 12.2. The van der Waals surface area contributed by atoms with Crippen LogP contribution in [0.5, 0.6) is 0 Å². The van der Waals surface area contributed by atoms with Gasteiger partial charge >= 0.3 is 5.69 Å². The molecule has 3 rings (SSSR count). The Morgan fingerprint density at radius 1 is 1.07 bits per heavy atom. The van der Waals surface area contributed by atoms with Crippen molar-refractivity contribution in [1.29, 1.82) is 0 Å². The maximum Gasteiger partial charge on any atom is 0.349 e. The number of aliphatic hydroxyl groups excluding tert-OH is 4. The minimum Gasteiger partial charge on any atom is -0.394 e. The lowest BCUT2D eigenvalue weighted by atomic mass is 10.1. The molecule has 2 aliphatic heterocycles. The number of benzene rings is 1. The molecule has 2 aliphatic rings. The zero-order valence-corrected chi connectivity index (χ0v) is 14.7. The Morgan fingerprint density at radius 3 is 2.41 bits per heavy atom. The summed E-state index contributed by atoms with van der Waals surface area (Å²) in [5.74, 6) is -0.0516. The number of hydrogen-bond donors (Lipinski definition) is 5. The van der Waals surface area contributed by atoms with E-state index in [0.717, 1.165) is 11.1 Å². The summed E-state index contributed by atoms with van der Waals surface area (Å²) in [5.41, 5.74) is 1.11. The lowest BCUT2D eigenvalue weighted by molar-refractivity contribution is -0.0802. The fourth-order valence-electron chi connectivity index (χ4n) is 2.89. The Kier molecular flexibility index (Phi) is 5.07. The SMILES string of the molecule is Cc1cc2[13c](c[13c]1C)nc1c(=O)[nH]c(=O)nc-1n2C[C@H](O)[C@H](O)[C@H](O)CO. The van der Waals surface area contributed by atoms with Gasteiger partial charge in [0.15, 0.2) is 11.5 Å². The smallest absolute Gasteiger partial charge is 0.349 e. The van der Waals surface area contributed by atoms with Crippen LogP contribution >= 0.6 is 0 Å². The summed E-state index contributed by atoms with van der Waals surface area (Å²) in [4.78, 5) is 34.0. The second-order valence-corrected chi connectivity index (χ2v) is 6.50. The normalized spacial score (nSPS) is 15.2. The summed E-state index contributed by atoms with van der Waals surface area (Å²) in [6, 6.07) is 3.53. The third kappa shape index (κ3) is 3.47. The first-order chi connectivity index (χ1) is 12.7. The van der Waals surface area contributed by atoms with Crippen molar-refractivity contribution in [1.82, 2.24) is 19.5 Å². The number of H-pyrrole nitrogens is 1. The van der Waals surface area contributed by atoms with E-state index in [1.54, 1.807) is 12.1 Å². The number of aliphatic hydroxyl groups is 4. The highest BCUT2D eigenvalue weighted by molar-refractivity contribution is 5.81. The molecule has 0 unspecified atom stereocenters. The van der Waals surface area contributed by atoms with Gasteiger partial charge in [-0.15, -0.1) is 0 Å². The van der Waals surface area contributed by atoms with Gasteiger partial charge in [0.05, 0.1) is 24.2 Å². The summed E-state index contributed by atoms with van der Waals surface area (Å²) >= 11 is 0. The van der Waals surface area contributed by atoms with Crippen LogP contribution in [0.4, 0.5) is 0 Å². The molecule has 0 amide bonds. The molecular weight excluding hydrogens is 358 g/mol. The number of fused-ring (bicyclic) bond motifs is 2. The van der Waals surface area contributed by atoms with E-state index in [1.807, 2.05) is 13.8 Å². The number of aromatic nitrogens is 4. The molecule has 10 heteroatoms. The van der Waals surface area contributed by atoms with Crippen molar-refractivity contribution >= 4 is 11.0 Å². The van der Waals surface area contributed by atoms with Gasteiger partial charge in [-0.3, -0.25) is 9.78 Å². The average Bonchev–Trinajstić information content (AvgIpc) is 2.62. The van der Waals surface area contributed by atoms with Crippen molar-refractivity contribution in [2.45, 2.75) is 38.7 Å². The van der Waals surface area contributed by atoms with Crippen molar-refractivity contribution in [3.8, 4) is 11.5 Å². The van der Waals surface area contributed by atoms with Crippen molar-refractivity contribution < 1.29 is 20.4 Å². The van der Waals surface area contributed by atoms with Crippen LogP contribution in [0.3, 0.4) is 0 Å². The predicted molar refractivity (Wildman–Crippen MR) is 95.6 cm³/mol. The number of aromatic amines is 1.